The maximum Gasteiger partial charge on any atom is 0.408 e. The van der Waals surface area contributed by atoms with Crippen molar-refractivity contribution in [1.29, 1.82) is 0 Å². The average Bonchev–Trinajstić information content (AvgIpc) is 2.88. The van der Waals surface area contributed by atoms with E-state index in [0.717, 1.165) is 25.7 Å². The Balaban J connectivity index is 1.50. The summed E-state index contributed by atoms with van der Waals surface area (Å²) in [6.07, 6.45) is 3.46. The molecule has 0 bridgehead atoms. The third-order valence-electron chi connectivity index (χ3n) is 5.33. The number of likely N-dealkylation sites (tertiary alicyclic amines) is 1. The molecule has 1 heterocycles. The first kappa shape index (κ1) is 17.0. The van der Waals surface area contributed by atoms with E-state index in [0.29, 0.717) is 12.3 Å². The minimum absolute atomic E-state index is 0.0251. The smallest absolute Gasteiger partial charge is 0.408 e. The second-order valence-corrected chi connectivity index (χ2v) is 6.94. The van der Waals surface area contributed by atoms with E-state index in [9.17, 15) is 14.7 Å². The molecule has 2 aliphatic rings. The number of carbonyl (C=O) groups excluding carboxylic acids is 1. The van der Waals surface area contributed by atoms with Crippen molar-refractivity contribution in [2.75, 3.05) is 6.61 Å². The first-order valence-electron chi connectivity index (χ1n) is 8.76. The number of benzene rings is 1. The van der Waals surface area contributed by atoms with Crippen LogP contribution in [0.2, 0.25) is 0 Å². The van der Waals surface area contributed by atoms with Gasteiger partial charge >= 0.3 is 6.09 Å². The van der Waals surface area contributed by atoms with E-state index >= 15 is 0 Å². The van der Waals surface area contributed by atoms with Crippen LogP contribution in [0.4, 0.5) is 4.79 Å². The standard InChI is InChI=1S/C19H25NO4/c1-13-11-18(21)17(20(13)19(22)23)12-24-16-9-7-15(8-10-16)14-5-3-2-4-6-14/h2-6,13,15-17H,7-12H2,1H3,(H,22,23)/t13-,15-,16+,17+/m1/s1. The van der Waals surface area contributed by atoms with Crippen LogP contribution in [0.5, 0.6) is 0 Å². The van der Waals surface area contributed by atoms with Crippen LogP contribution >= 0.6 is 0 Å². The molecule has 2 atom stereocenters. The summed E-state index contributed by atoms with van der Waals surface area (Å²) in [6.45, 7) is 1.97. The Bertz CT molecular complexity index is 580. The Morgan fingerprint density at radius 3 is 2.50 bits per heavy atom. The van der Waals surface area contributed by atoms with Crippen LogP contribution in [0.1, 0.15) is 50.5 Å². The lowest BCUT2D eigenvalue weighted by molar-refractivity contribution is -0.122. The van der Waals surface area contributed by atoms with E-state index in [1.54, 1.807) is 6.92 Å². The summed E-state index contributed by atoms with van der Waals surface area (Å²) in [5.41, 5.74) is 1.38. The largest absolute Gasteiger partial charge is 0.465 e. The Kier molecular flexibility index (Phi) is 5.19. The van der Waals surface area contributed by atoms with Crippen LogP contribution < -0.4 is 0 Å². The number of Topliss-reactive ketones (excluding diaryl/α,β-unsaturated/α-hetero) is 1. The molecular formula is C19H25NO4. The fourth-order valence-electron chi connectivity index (χ4n) is 4.00. The highest BCUT2D eigenvalue weighted by molar-refractivity contribution is 5.91. The Labute approximate surface area is 142 Å². The second kappa shape index (κ2) is 7.34. The zero-order valence-electron chi connectivity index (χ0n) is 14.1. The molecule has 0 aromatic heterocycles. The van der Waals surface area contributed by atoms with Gasteiger partial charge < -0.3 is 9.84 Å². The fraction of sp³-hybridized carbons (Fsp3) is 0.579. The lowest BCUT2D eigenvalue weighted by Crippen LogP contribution is -2.44. The van der Waals surface area contributed by atoms with Crippen molar-refractivity contribution in [2.45, 2.75) is 63.1 Å². The summed E-state index contributed by atoms with van der Waals surface area (Å²) < 4.78 is 5.92. The molecule has 1 amide bonds. The number of hydrogen-bond acceptors (Lipinski definition) is 3. The quantitative estimate of drug-likeness (QED) is 0.918. The van der Waals surface area contributed by atoms with Gasteiger partial charge in [0.05, 0.1) is 12.7 Å². The normalized spacial score (nSPS) is 30.5. The molecule has 24 heavy (non-hydrogen) atoms. The van der Waals surface area contributed by atoms with Crippen molar-refractivity contribution < 1.29 is 19.4 Å². The highest BCUT2D eigenvalue weighted by Gasteiger charge is 2.41. The van der Waals surface area contributed by atoms with Crippen molar-refractivity contribution in [3.63, 3.8) is 0 Å². The monoisotopic (exact) mass is 331 g/mol. The molecule has 1 saturated heterocycles. The fourth-order valence-corrected chi connectivity index (χ4v) is 4.00. The van der Waals surface area contributed by atoms with Crippen LogP contribution in [0.3, 0.4) is 0 Å². The van der Waals surface area contributed by atoms with Gasteiger partial charge in [0.25, 0.3) is 0 Å². The van der Waals surface area contributed by atoms with E-state index in [2.05, 4.69) is 24.3 Å². The maximum absolute atomic E-state index is 12.0. The van der Waals surface area contributed by atoms with Gasteiger partial charge in [0.1, 0.15) is 6.04 Å². The van der Waals surface area contributed by atoms with Crippen LogP contribution in [0.15, 0.2) is 30.3 Å². The number of carbonyl (C=O) groups is 2. The number of amides is 1. The molecule has 1 aliphatic heterocycles. The SMILES string of the molecule is C[C@@H]1CC(=O)[C@H](CO[C@H]2CC[C@@H](c3ccccc3)CC2)N1C(=O)O. The first-order chi connectivity index (χ1) is 11.6. The molecule has 1 aromatic carbocycles. The summed E-state index contributed by atoms with van der Waals surface area (Å²) in [5, 5.41) is 9.29. The van der Waals surface area contributed by atoms with Gasteiger partial charge in [-0.25, -0.2) is 4.79 Å². The Hall–Kier alpha value is -1.88. The molecule has 1 aromatic rings. The summed E-state index contributed by atoms with van der Waals surface area (Å²) in [5.74, 6) is 0.553. The number of rotatable bonds is 4. The molecule has 1 saturated carbocycles. The zero-order valence-corrected chi connectivity index (χ0v) is 14.1. The number of ether oxygens (including phenoxy) is 1. The average molecular weight is 331 g/mol. The van der Waals surface area contributed by atoms with E-state index in [1.165, 1.54) is 10.5 Å². The molecule has 1 N–H and O–H groups in total. The van der Waals surface area contributed by atoms with Gasteiger partial charge in [-0.2, -0.15) is 0 Å². The van der Waals surface area contributed by atoms with Crippen molar-refractivity contribution >= 4 is 11.9 Å². The molecule has 130 valence electrons. The summed E-state index contributed by atoms with van der Waals surface area (Å²) in [4.78, 5) is 24.6. The van der Waals surface area contributed by atoms with Crippen molar-refractivity contribution in [2.24, 2.45) is 0 Å². The zero-order chi connectivity index (χ0) is 17.1. The lowest BCUT2D eigenvalue weighted by atomic mass is 9.83. The predicted molar refractivity (Wildman–Crippen MR) is 90.1 cm³/mol. The summed E-state index contributed by atoms with van der Waals surface area (Å²) in [6, 6.07) is 9.65. The van der Waals surface area contributed by atoms with Crippen molar-refractivity contribution in [3.8, 4) is 0 Å². The summed E-state index contributed by atoms with van der Waals surface area (Å²) >= 11 is 0. The van der Waals surface area contributed by atoms with E-state index in [4.69, 9.17) is 4.74 Å². The molecule has 1 aliphatic carbocycles. The first-order valence-corrected chi connectivity index (χ1v) is 8.76. The van der Waals surface area contributed by atoms with Gasteiger partial charge in [0, 0.05) is 12.5 Å². The van der Waals surface area contributed by atoms with Gasteiger partial charge in [-0.15, -0.1) is 0 Å². The molecule has 0 spiro atoms. The number of nitrogens with zero attached hydrogens (tertiary/aromatic N) is 1. The number of carboxylic acid groups (broad SMARTS) is 1. The van der Waals surface area contributed by atoms with Crippen LogP contribution in [-0.4, -0.2) is 46.7 Å². The van der Waals surface area contributed by atoms with Gasteiger partial charge in [-0.05, 0) is 44.1 Å². The van der Waals surface area contributed by atoms with Crippen molar-refractivity contribution in [1.82, 2.24) is 4.90 Å². The van der Waals surface area contributed by atoms with Crippen LogP contribution in [0.25, 0.3) is 0 Å². The third kappa shape index (κ3) is 3.61. The lowest BCUT2D eigenvalue weighted by Gasteiger charge is -2.31. The van der Waals surface area contributed by atoms with Gasteiger partial charge in [-0.3, -0.25) is 9.69 Å². The molecule has 0 unspecified atom stereocenters. The molecule has 0 radical (unpaired) electrons. The van der Waals surface area contributed by atoms with E-state index < -0.39 is 12.1 Å². The van der Waals surface area contributed by atoms with Crippen LogP contribution in [-0.2, 0) is 9.53 Å². The minimum Gasteiger partial charge on any atom is -0.465 e. The molecule has 5 heteroatoms. The molecule has 2 fully saturated rings. The third-order valence-corrected chi connectivity index (χ3v) is 5.33. The number of hydrogen-bond donors (Lipinski definition) is 1. The topological polar surface area (TPSA) is 66.8 Å². The van der Waals surface area contributed by atoms with E-state index in [1.807, 2.05) is 6.07 Å². The number of ketones is 1. The van der Waals surface area contributed by atoms with Gasteiger partial charge in [0.15, 0.2) is 5.78 Å². The molecule has 3 rings (SSSR count). The highest BCUT2D eigenvalue weighted by Crippen LogP contribution is 2.34. The molecular weight excluding hydrogens is 306 g/mol. The highest BCUT2D eigenvalue weighted by atomic mass is 16.5. The van der Waals surface area contributed by atoms with E-state index in [-0.39, 0.29) is 24.5 Å². The van der Waals surface area contributed by atoms with Crippen LogP contribution in [0, 0.1) is 0 Å². The van der Waals surface area contributed by atoms with Gasteiger partial charge in [-0.1, -0.05) is 30.3 Å². The maximum atomic E-state index is 12.0. The van der Waals surface area contributed by atoms with Crippen molar-refractivity contribution in [3.05, 3.63) is 35.9 Å². The molecule has 5 nitrogen and oxygen atoms in total. The van der Waals surface area contributed by atoms with Gasteiger partial charge in [0.2, 0.25) is 0 Å². The Morgan fingerprint density at radius 2 is 1.88 bits per heavy atom. The second-order valence-electron chi connectivity index (χ2n) is 6.94. The minimum atomic E-state index is -1.03. The Morgan fingerprint density at radius 1 is 1.21 bits per heavy atom. The summed E-state index contributed by atoms with van der Waals surface area (Å²) in [7, 11) is 0. The predicted octanol–water partition coefficient (Wildman–Crippen LogP) is 3.44.